The number of aliphatic hydroxyl groups is 1. The zero-order valence-electron chi connectivity index (χ0n) is 8.56. The maximum atomic E-state index is 10.1. The summed E-state index contributed by atoms with van der Waals surface area (Å²) in [5.41, 5.74) is 1.44. The Bertz CT molecular complexity index is 510. The Labute approximate surface area is 103 Å². The summed E-state index contributed by atoms with van der Waals surface area (Å²) in [4.78, 5) is 0. The fourth-order valence-corrected chi connectivity index (χ4v) is 1.99. The largest absolute Gasteiger partial charge is 0.368 e. The molecule has 0 saturated heterocycles. The van der Waals surface area contributed by atoms with Crippen LogP contribution in [0.4, 0.5) is 0 Å². The minimum absolute atomic E-state index is 0.426. The number of rotatable bonds is 2. The van der Waals surface area contributed by atoms with Gasteiger partial charge in [-0.15, -0.1) is 0 Å². The summed E-state index contributed by atoms with van der Waals surface area (Å²) >= 11 is 11.8. The van der Waals surface area contributed by atoms with Gasteiger partial charge in [0.2, 0.25) is 0 Å². The summed E-state index contributed by atoms with van der Waals surface area (Å²) < 4.78 is 1.50. The quantitative estimate of drug-likeness (QED) is 0.897. The van der Waals surface area contributed by atoms with Crippen molar-refractivity contribution < 1.29 is 5.11 Å². The van der Waals surface area contributed by atoms with Gasteiger partial charge in [-0.1, -0.05) is 29.3 Å². The van der Waals surface area contributed by atoms with Crippen molar-refractivity contribution in [2.75, 3.05) is 0 Å². The summed E-state index contributed by atoms with van der Waals surface area (Å²) in [5.74, 6) is 0. The molecule has 0 aliphatic heterocycles. The molecule has 1 heterocycles. The van der Waals surface area contributed by atoms with Crippen LogP contribution in [0.15, 0.2) is 30.5 Å². The van der Waals surface area contributed by atoms with E-state index in [0.717, 1.165) is 5.69 Å². The topological polar surface area (TPSA) is 38.0 Å². The molecule has 0 radical (unpaired) electrons. The third-order valence-corrected chi connectivity index (χ3v) is 2.90. The third-order valence-electron chi connectivity index (χ3n) is 2.34. The molecule has 0 saturated carbocycles. The summed E-state index contributed by atoms with van der Waals surface area (Å²) in [5, 5.41) is 15.1. The number of benzene rings is 1. The van der Waals surface area contributed by atoms with Crippen LogP contribution >= 0.6 is 23.2 Å². The van der Waals surface area contributed by atoms with E-state index < -0.39 is 6.23 Å². The van der Waals surface area contributed by atoms with E-state index in [9.17, 15) is 5.11 Å². The Kier molecular flexibility index (Phi) is 3.19. The highest BCUT2D eigenvalue weighted by Gasteiger charge is 2.15. The molecule has 0 aliphatic carbocycles. The molecular formula is C11H10Cl2N2O. The highest BCUT2D eigenvalue weighted by Crippen LogP contribution is 2.27. The van der Waals surface area contributed by atoms with Gasteiger partial charge in [-0.05, 0) is 25.1 Å². The first-order chi connectivity index (χ1) is 7.59. The van der Waals surface area contributed by atoms with Crippen molar-refractivity contribution in [1.82, 2.24) is 9.78 Å². The van der Waals surface area contributed by atoms with Crippen LogP contribution in [0.5, 0.6) is 0 Å². The highest BCUT2D eigenvalue weighted by molar-refractivity contribution is 6.35. The fraction of sp³-hybridized carbons (Fsp3) is 0.182. The third kappa shape index (κ3) is 2.07. The first-order valence-corrected chi connectivity index (χ1v) is 5.48. The zero-order valence-corrected chi connectivity index (χ0v) is 10.1. The van der Waals surface area contributed by atoms with Crippen LogP contribution in [0, 0.1) is 6.92 Å². The Morgan fingerprint density at radius 2 is 2.06 bits per heavy atom. The molecule has 0 spiro atoms. The van der Waals surface area contributed by atoms with Gasteiger partial charge in [0, 0.05) is 27.5 Å². The predicted molar refractivity (Wildman–Crippen MR) is 63.8 cm³/mol. The smallest absolute Gasteiger partial charge is 0.174 e. The number of aryl methyl sites for hydroxylation is 1. The first kappa shape index (κ1) is 11.5. The van der Waals surface area contributed by atoms with E-state index in [1.165, 1.54) is 4.68 Å². The van der Waals surface area contributed by atoms with Gasteiger partial charge in [-0.2, -0.15) is 5.10 Å². The highest BCUT2D eigenvalue weighted by atomic mass is 35.5. The van der Waals surface area contributed by atoms with Gasteiger partial charge in [0.15, 0.2) is 6.23 Å². The van der Waals surface area contributed by atoms with Gasteiger partial charge in [-0.25, -0.2) is 4.68 Å². The molecule has 1 unspecified atom stereocenters. The molecule has 5 heteroatoms. The van der Waals surface area contributed by atoms with Gasteiger partial charge in [0.05, 0.1) is 0 Å². The van der Waals surface area contributed by atoms with Gasteiger partial charge < -0.3 is 5.11 Å². The van der Waals surface area contributed by atoms with Crippen molar-refractivity contribution in [3.63, 3.8) is 0 Å². The maximum absolute atomic E-state index is 10.1. The number of nitrogens with zero attached hydrogens (tertiary/aromatic N) is 2. The molecule has 1 aromatic carbocycles. The Balaban J connectivity index is 2.41. The van der Waals surface area contributed by atoms with Crippen LogP contribution in [0.25, 0.3) is 0 Å². The number of aromatic nitrogens is 2. The van der Waals surface area contributed by atoms with Crippen LogP contribution in [-0.4, -0.2) is 14.9 Å². The number of hydrogen-bond acceptors (Lipinski definition) is 2. The zero-order chi connectivity index (χ0) is 11.7. The van der Waals surface area contributed by atoms with Crippen LogP contribution in [0.2, 0.25) is 10.0 Å². The second kappa shape index (κ2) is 4.45. The number of aliphatic hydroxyl groups excluding tert-OH is 1. The lowest BCUT2D eigenvalue weighted by atomic mass is 10.2. The minimum atomic E-state index is -0.889. The second-order valence-corrected chi connectivity index (χ2v) is 4.30. The van der Waals surface area contributed by atoms with Crippen molar-refractivity contribution in [2.45, 2.75) is 13.2 Å². The van der Waals surface area contributed by atoms with Crippen molar-refractivity contribution in [3.8, 4) is 0 Å². The Morgan fingerprint density at radius 3 is 2.62 bits per heavy atom. The van der Waals surface area contributed by atoms with Crippen LogP contribution in [-0.2, 0) is 0 Å². The second-order valence-electron chi connectivity index (χ2n) is 3.46. The molecule has 0 bridgehead atoms. The molecule has 16 heavy (non-hydrogen) atoms. The summed E-state index contributed by atoms with van der Waals surface area (Å²) in [6.07, 6.45) is 0.738. The van der Waals surface area contributed by atoms with Gasteiger partial charge >= 0.3 is 0 Å². The predicted octanol–water partition coefficient (Wildman–Crippen LogP) is 3.04. The van der Waals surface area contributed by atoms with E-state index in [4.69, 9.17) is 23.2 Å². The van der Waals surface area contributed by atoms with Crippen LogP contribution in [0.1, 0.15) is 17.5 Å². The van der Waals surface area contributed by atoms with Crippen molar-refractivity contribution in [3.05, 3.63) is 51.8 Å². The molecule has 1 atom stereocenters. The Hall–Kier alpha value is -1.03. The standard InChI is InChI=1S/C11H10Cl2N2O/c1-7-4-5-14-15(7)11(16)9-3-2-8(12)6-10(9)13/h2-6,11,16H,1H3. The van der Waals surface area contributed by atoms with Crippen molar-refractivity contribution >= 4 is 23.2 Å². The molecule has 1 N–H and O–H groups in total. The average molecular weight is 257 g/mol. The fourth-order valence-electron chi connectivity index (χ4n) is 1.48. The monoisotopic (exact) mass is 256 g/mol. The van der Waals surface area contributed by atoms with E-state index in [0.29, 0.717) is 15.6 Å². The molecule has 0 aliphatic rings. The molecule has 1 aromatic heterocycles. The van der Waals surface area contributed by atoms with Crippen molar-refractivity contribution in [2.24, 2.45) is 0 Å². The molecule has 84 valence electrons. The lowest BCUT2D eigenvalue weighted by Gasteiger charge is -2.15. The summed E-state index contributed by atoms with van der Waals surface area (Å²) in [6.45, 7) is 1.86. The van der Waals surface area contributed by atoms with E-state index in [2.05, 4.69) is 5.10 Å². The van der Waals surface area contributed by atoms with Gasteiger partial charge in [0.25, 0.3) is 0 Å². The minimum Gasteiger partial charge on any atom is -0.368 e. The molecule has 2 rings (SSSR count). The average Bonchev–Trinajstić information content (AvgIpc) is 2.63. The van der Waals surface area contributed by atoms with Crippen LogP contribution < -0.4 is 0 Å². The normalized spacial score (nSPS) is 12.8. The number of hydrogen-bond donors (Lipinski definition) is 1. The first-order valence-electron chi connectivity index (χ1n) is 4.72. The van der Waals surface area contributed by atoms with Crippen LogP contribution in [0.3, 0.4) is 0 Å². The molecule has 0 amide bonds. The van der Waals surface area contributed by atoms with E-state index in [-0.39, 0.29) is 0 Å². The lowest BCUT2D eigenvalue weighted by Crippen LogP contribution is -2.13. The van der Waals surface area contributed by atoms with Gasteiger partial charge in [0.1, 0.15) is 0 Å². The Morgan fingerprint density at radius 1 is 1.31 bits per heavy atom. The van der Waals surface area contributed by atoms with Gasteiger partial charge in [-0.3, -0.25) is 0 Å². The van der Waals surface area contributed by atoms with E-state index >= 15 is 0 Å². The van der Waals surface area contributed by atoms with E-state index in [1.807, 2.05) is 13.0 Å². The lowest BCUT2D eigenvalue weighted by molar-refractivity contribution is 0.130. The summed E-state index contributed by atoms with van der Waals surface area (Å²) in [6, 6.07) is 6.79. The number of halogens is 2. The molecule has 0 fully saturated rings. The van der Waals surface area contributed by atoms with E-state index in [1.54, 1.807) is 24.4 Å². The van der Waals surface area contributed by atoms with Crippen molar-refractivity contribution in [1.29, 1.82) is 0 Å². The molecule has 3 nitrogen and oxygen atoms in total. The molecular weight excluding hydrogens is 247 g/mol. The SMILES string of the molecule is Cc1ccnn1C(O)c1ccc(Cl)cc1Cl. The maximum Gasteiger partial charge on any atom is 0.174 e. The molecule has 2 aromatic rings. The summed E-state index contributed by atoms with van der Waals surface area (Å²) in [7, 11) is 0.